The SMILES string of the molecule is COC(=O)C12CC=CCC(C(=O)OC)(Cc3ccccc3C1)C2=O. The van der Waals surface area contributed by atoms with E-state index in [9.17, 15) is 14.4 Å². The fourth-order valence-electron chi connectivity index (χ4n) is 3.96. The van der Waals surface area contributed by atoms with E-state index in [1.165, 1.54) is 14.2 Å². The number of esters is 2. The molecule has 126 valence electrons. The lowest BCUT2D eigenvalue weighted by Crippen LogP contribution is -2.52. The number of ether oxygens (including phenoxy) is 2. The number of carbonyl (C=O) groups is 3. The average molecular weight is 328 g/mol. The summed E-state index contributed by atoms with van der Waals surface area (Å²) in [5, 5.41) is 0. The fraction of sp³-hybridized carbons (Fsp3) is 0.421. The van der Waals surface area contributed by atoms with E-state index in [1.807, 2.05) is 24.3 Å². The molecule has 1 aromatic rings. The Morgan fingerprint density at radius 3 is 1.67 bits per heavy atom. The summed E-state index contributed by atoms with van der Waals surface area (Å²) in [6.45, 7) is 0. The van der Waals surface area contributed by atoms with Gasteiger partial charge in [-0.1, -0.05) is 36.4 Å². The minimum absolute atomic E-state index is 0.228. The van der Waals surface area contributed by atoms with Gasteiger partial charge in [-0.2, -0.15) is 0 Å². The highest BCUT2D eigenvalue weighted by atomic mass is 16.5. The predicted molar refractivity (Wildman–Crippen MR) is 86.1 cm³/mol. The van der Waals surface area contributed by atoms with Crippen LogP contribution in [-0.2, 0) is 36.7 Å². The monoisotopic (exact) mass is 328 g/mol. The zero-order valence-corrected chi connectivity index (χ0v) is 13.8. The molecule has 3 rings (SSSR count). The minimum Gasteiger partial charge on any atom is -0.468 e. The van der Waals surface area contributed by atoms with E-state index in [0.717, 1.165) is 11.1 Å². The molecule has 0 fully saturated rings. The van der Waals surface area contributed by atoms with Gasteiger partial charge in [-0.3, -0.25) is 14.4 Å². The lowest BCUT2D eigenvalue weighted by molar-refractivity contribution is -0.168. The van der Waals surface area contributed by atoms with E-state index >= 15 is 0 Å². The number of carbonyl (C=O) groups excluding carboxylic acids is 3. The molecule has 0 aliphatic heterocycles. The number of fused-ring (bicyclic) bond motifs is 3. The highest BCUT2D eigenvalue weighted by Crippen LogP contribution is 2.48. The van der Waals surface area contributed by atoms with E-state index < -0.39 is 28.6 Å². The first kappa shape index (κ1) is 16.4. The molecule has 2 bridgehead atoms. The van der Waals surface area contributed by atoms with Crippen LogP contribution in [0, 0.1) is 10.8 Å². The van der Waals surface area contributed by atoms with Crippen LogP contribution >= 0.6 is 0 Å². The summed E-state index contributed by atoms with van der Waals surface area (Å²) in [6, 6.07) is 7.55. The van der Waals surface area contributed by atoms with Crippen LogP contribution in [-0.4, -0.2) is 31.9 Å². The second-order valence-corrected chi connectivity index (χ2v) is 6.48. The molecule has 0 saturated carbocycles. The third kappa shape index (κ3) is 2.19. The van der Waals surface area contributed by atoms with Crippen LogP contribution < -0.4 is 0 Å². The van der Waals surface area contributed by atoms with Crippen molar-refractivity contribution in [1.82, 2.24) is 0 Å². The third-order valence-corrected chi connectivity index (χ3v) is 5.22. The summed E-state index contributed by atoms with van der Waals surface area (Å²) in [5.74, 6) is -1.58. The van der Waals surface area contributed by atoms with Crippen LogP contribution in [0.1, 0.15) is 24.0 Å². The largest absolute Gasteiger partial charge is 0.468 e. The molecule has 2 aliphatic carbocycles. The van der Waals surface area contributed by atoms with Crippen LogP contribution in [0.4, 0.5) is 0 Å². The van der Waals surface area contributed by atoms with Crippen LogP contribution in [0.5, 0.6) is 0 Å². The summed E-state index contributed by atoms with van der Waals surface area (Å²) in [6.07, 6.45) is 4.52. The molecule has 0 N–H and O–H groups in total. The molecule has 2 atom stereocenters. The second-order valence-electron chi connectivity index (χ2n) is 6.48. The van der Waals surface area contributed by atoms with Crippen molar-refractivity contribution in [2.75, 3.05) is 14.2 Å². The van der Waals surface area contributed by atoms with E-state index in [2.05, 4.69) is 0 Å². The summed E-state index contributed by atoms with van der Waals surface area (Å²) in [5.41, 5.74) is -0.972. The van der Waals surface area contributed by atoms with Gasteiger partial charge in [0.15, 0.2) is 5.78 Å². The highest BCUT2D eigenvalue weighted by Gasteiger charge is 2.61. The molecular weight excluding hydrogens is 308 g/mol. The van der Waals surface area contributed by atoms with Crippen molar-refractivity contribution in [1.29, 1.82) is 0 Å². The lowest BCUT2D eigenvalue weighted by atomic mass is 9.66. The Morgan fingerprint density at radius 1 is 0.875 bits per heavy atom. The maximum atomic E-state index is 13.5. The van der Waals surface area contributed by atoms with E-state index in [0.29, 0.717) is 0 Å². The van der Waals surface area contributed by atoms with Gasteiger partial charge < -0.3 is 9.47 Å². The zero-order chi connectivity index (χ0) is 17.4. The number of ketones is 1. The standard InChI is InChI=1S/C19H20O5/c1-23-16(21)18-9-5-6-10-19(15(18)20,17(22)24-2)12-14-8-4-3-7-13(14)11-18/h3-8H,9-12H2,1-2H3. The van der Waals surface area contributed by atoms with Crippen molar-refractivity contribution in [3.8, 4) is 0 Å². The lowest BCUT2D eigenvalue weighted by Gasteiger charge is -2.34. The molecule has 0 amide bonds. The Kier molecular flexibility index (Phi) is 4.03. The van der Waals surface area contributed by atoms with Crippen molar-refractivity contribution in [2.45, 2.75) is 25.7 Å². The number of Topliss-reactive ketones (excluding diaryl/α,β-unsaturated/α-hetero) is 1. The Labute approximate surface area is 140 Å². The maximum Gasteiger partial charge on any atom is 0.320 e. The molecule has 0 spiro atoms. The molecule has 5 nitrogen and oxygen atoms in total. The molecule has 0 radical (unpaired) electrons. The summed E-state index contributed by atoms with van der Waals surface area (Å²) >= 11 is 0. The quantitative estimate of drug-likeness (QED) is 0.472. The van der Waals surface area contributed by atoms with Crippen molar-refractivity contribution in [3.05, 3.63) is 47.5 Å². The van der Waals surface area contributed by atoms with Gasteiger partial charge in [0.25, 0.3) is 0 Å². The van der Waals surface area contributed by atoms with Crippen molar-refractivity contribution in [2.24, 2.45) is 10.8 Å². The smallest absolute Gasteiger partial charge is 0.320 e. The van der Waals surface area contributed by atoms with Crippen LogP contribution in [0.15, 0.2) is 36.4 Å². The number of hydrogen-bond acceptors (Lipinski definition) is 5. The molecule has 0 aromatic heterocycles. The van der Waals surface area contributed by atoms with Gasteiger partial charge in [-0.25, -0.2) is 0 Å². The first-order valence-electron chi connectivity index (χ1n) is 7.94. The number of methoxy groups -OCH3 is 2. The Balaban J connectivity index is 2.29. The van der Waals surface area contributed by atoms with Crippen LogP contribution in [0.3, 0.4) is 0 Å². The average Bonchev–Trinajstić information content (AvgIpc) is 2.82. The molecule has 1 aromatic carbocycles. The van der Waals surface area contributed by atoms with Crippen molar-refractivity contribution < 1.29 is 23.9 Å². The first-order chi connectivity index (χ1) is 11.5. The van der Waals surface area contributed by atoms with Gasteiger partial charge in [0, 0.05) is 0 Å². The van der Waals surface area contributed by atoms with Crippen molar-refractivity contribution in [3.63, 3.8) is 0 Å². The number of hydrogen-bond donors (Lipinski definition) is 0. The minimum atomic E-state index is -1.39. The molecule has 2 aliphatic rings. The van der Waals surface area contributed by atoms with Gasteiger partial charge in [-0.05, 0) is 36.8 Å². The normalized spacial score (nSPS) is 28.3. The number of rotatable bonds is 2. The number of benzene rings is 1. The van der Waals surface area contributed by atoms with Crippen molar-refractivity contribution >= 4 is 17.7 Å². The molecule has 2 unspecified atom stereocenters. The molecule has 5 heteroatoms. The third-order valence-electron chi connectivity index (χ3n) is 5.22. The molecular formula is C19H20O5. The maximum absolute atomic E-state index is 13.5. The second kappa shape index (κ2) is 5.89. The Morgan fingerprint density at radius 2 is 1.29 bits per heavy atom. The van der Waals surface area contributed by atoms with Crippen LogP contribution in [0.2, 0.25) is 0 Å². The van der Waals surface area contributed by atoms with Gasteiger partial charge in [0.1, 0.15) is 10.8 Å². The van der Waals surface area contributed by atoms with E-state index in [-0.39, 0.29) is 25.7 Å². The van der Waals surface area contributed by atoms with Crippen LogP contribution in [0.25, 0.3) is 0 Å². The fourth-order valence-corrected chi connectivity index (χ4v) is 3.96. The summed E-state index contributed by atoms with van der Waals surface area (Å²) in [4.78, 5) is 38.8. The molecule has 24 heavy (non-hydrogen) atoms. The highest BCUT2D eigenvalue weighted by molar-refractivity contribution is 6.16. The summed E-state index contributed by atoms with van der Waals surface area (Å²) in [7, 11) is 2.55. The Hall–Kier alpha value is -2.43. The number of allylic oxidation sites excluding steroid dienone is 2. The van der Waals surface area contributed by atoms with Gasteiger partial charge in [-0.15, -0.1) is 0 Å². The zero-order valence-electron chi connectivity index (χ0n) is 13.8. The van der Waals surface area contributed by atoms with Gasteiger partial charge >= 0.3 is 11.9 Å². The first-order valence-corrected chi connectivity index (χ1v) is 7.94. The van der Waals surface area contributed by atoms with E-state index in [4.69, 9.17) is 9.47 Å². The Bertz CT molecular complexity index is 676. The molecule has 0 heterocycles. The van der Waals surface area contributed by atoms with Gasteiger partial charge in [0.2, 0.25) is 0 Å². The van der Waals surface area contributed by atoms with Gasteiger partial charge in [0.05, 0.1) is 14.2 Å². The topological polar surface area (TPSA) is 69.7 Å². The van der Waals surface area contributed by atoms with E-state index in [1.54, 1.807) is 12.2 Å². The molecule has 0 saturated heterocycles. The predicted octanol–water partition coefficient (Wildman–Crippen LogP) is 2.02. The summed E-state index contributed by atoms with van der Waals surface area (Å²) < 4.78 is 9.95.